The largest absolute Gasteiger partial charge is 0.459 e. The third-order valence-electron chi connectivity index (χ3n) is 4.31. The van der Waals surface area contributed by atoms with Gasteiger partial charge in [0.2, 0.25) is 0 Å². The minimum atomic E-state index is -0.456. The summed E-state index contributed by atoms with van der Waals surface area (Å²) in [5, 5.41) is 3.13. The number of rotatable bonds is 2. The molecule has 0 aromatic rings. The van der Waals surface area contributed by atoms with Crippen LogP contribution in [0.25, 0.3) is 0 Å². The Labute approximate surface area is 133 Å². The summed E-state index contributed by atoms with van der Waals surface area (Å²) in [6.07, 6.45) is 3.41. The van der Waals surface area contributed by atoms with Crippen LogP contribution in [-0.4, -0.2) is 62.3 Å². The molecule has 0 radical (unpaired) electrons. The fraction of sp³-hybridized carbons (Fsp3) is 0.875. The zero-order valence-corrected chi connectivity index (χ0v) is 14.3. The van der Waals surface area contributed by atoms with Crippen LogP contribution in [0.2, 0.25) is 0 Å². The number of aliphatic imine (C=N–C) groups is 1. The van der Waals surface area contributed by atoms with E-state index in [0.717, 1.165) is 45.1 Å². The Hall–Kier alpha value is -1.30. The fourth-order valence-corrected chi connectivity index (χ4v) is 3.19. The lowest BCUT2D eigenvalue weighted by Gasteiger charge is -2.33. The van der Waals surface area contributed by atoms with Gasteiger partial charge in [0, 0.05) is 33.4 Å². The molecule has 0 atom stereocenters. The minimum absolute atomic E-state index is 0.149. The van der Waals surface area contributed by atoms with Crippen LogP contribution in [0.1, 0.15) is 40.0 Å². The molecule has 0 aromatic heterocycles. The van der Waals surface area contributed by atoms with Gasteiger partial charge in [-0.3, -0.25) is 9.79 Å². The Morgan fingerprint density at radius 2 is 2.00 bits per heavy atom. The molecule has 0 aliphatic carbocycles. The Balaban J connectivity index is 1.84. The molecule has 0 unspecified atom stereocenters. The zero-order valence-electron chi connectivity index (χ0n) is 14.3. The maximum atomic E-state index is 11.8. The van der Waals surface area contributed by atoms with E-state index in [4.69, 9.17) is 9.47 Å². The molecule has 2 saturated heterocycles. The molecule has 0 saturated carbocycles. The van der Waals surface area contributed by atoms with Crippen molar-refractivity contribution >= 4 is 11.9 Å². The van der Waals surface area contributed by atoms with Crippen LogP contribution in [0.4, 0.5) is 0 Å². The Morgan fingerprint density at radius 3 is 2.59 bits per heavy atom. The van der Waals surface area contributed by atoms with Gasteiger partial charge in [0.15, 0.2) is 5.96 Å². The predicted molar refractivity (Wildman–Crippen MR) is 85.9 cm³/mol. The van der Waals surface area contributed by atoms with Crippen LogP contribution in [0.5, 0.6) is 0 Å². The second-order valence-electron chi connectivity index (χ2n) is 7.27. The maximum Gasteiger partial charge on any atom is 0.325 e. The lowest BCUT2D eigenvalue weighted by Crippen LogP contribution is -2.44. The Bertz CT molecular complexity index is 423. The first-order chi connectivity index (χ1) is 10.3. The van der Waals surface area contributed by atoms with Crippen LogP contribution in [0, 0.1) is 5.41 Å². The quantitative estimate of drug-likeness (QED) is 0.474. The molecule has 1 N–H and O–H groups in total. The summed E-state index contributed by atoms with van der Waals surface area (Å²) in [5.74, 6) is 0.530. The van der Waals surface area contributed by atoms with Crippen molar-refractivity contribution in [2.24, 2.45) is 10.4 Å². The lowest BCUT2D eigenvalue weighted by molar-refractivity contribution is -0.153. The normalized spacial score (nSPS) is 22.0. The van der Waals surface area contributed by atoms with E-state index in [2.05, 4.69) is 15.2 Å². The van der Waals surface area contributed by atoms with Gasteiger partial charge in [0.1, 0.15) is 12.1 Å². The van der Waals surface area contributed by atoms with E-state index >= 15 is 0 Å². The molecule has 2 rings (SSSR count). The molecular formula is C16H29N3O3. The number of likely N-dealkylation sites (tertiary alicyclic amines) is 1. The molecule has 2 fully saturated rings. The number of ether oxygens (including phenoxy) is 2. The van der Waals surface area contributed by atoms with Gasteiger partial charge in [-0.2, -0.15) is 0 Å². The molecule has 2 heterocycles. The number of hydrogen-bond acceptors (Lipinski definition) is 4. The van der Waals surface area contributed by atoms with Gasteiger partial charge in [-0.1, -0.05) is 0 Å². The molecule has 6 nitrogen and oxygen atoms in total. The van der Waals surface area contributed by atoms with Gasteiger partial charge in [-0.05, 0) is 45.4 Å². The van der Waals surface area contributed by atoms with E-state index in [1.165, 1.54) is 6.42 Å². The van der Waals surface area contributed by atoms with Crippen molar-refractivity contribution in [3.8, 4) is 0 Å². The lowest BCUT2D eigenvalue weighted by atomic mass is 9.80. The molecule has 126 valence electrons. The van der Waals surface area contributed by atoms with Crippen molar-refractivity contribution < 1.29 is 14.3 Å². The van der Waals surface area contributed by atoms with Crippen LogP contribution in [-0.2, 0) is 14.3 Å². The molecule has 1 spiro atoms. The summed E-state index contributed by atoms with van der Waals surface area (Å²) in [6, 6.07) is 0. The highest BCUT2D eigenvalue weighted by Gasteiger charge is 2.40. The van der Waals surface area contributed by atoms with Crippen molar-refractivity contribution in [2.45, 2.75) is 45.6 Å². The summed E-state index contributed by atoms with van der Waals surface area (Å²) >= 11 is 0. The molecule has 6 heteroatoms. The monoisotopic (exact) mass is 311 g/mol. The number of carbonyl (C=O) groups is 1. The van der Waals surface area contributed by atoms with E-state index < -0.39 is 5.60 Å². The van der Waals surface area contributed by atoms with E-state index in [0.29, 0.717) is 5.41 Å². The SMILES string of the molecule is CN=C(NCC(=O)OC(C)(C)C)N1CCC2(CCOCC2)C1. The first-order valence-electron chi connectivity index (χ1n) is 8.09. The second-order valence-corrected chi connectivity index (χ2v) is 7.27. The fourth-order valence-electron chi connectivity index (χ4n) is 3.19. The molecule has 0 amide bonds. The number of guanidine groups is 1. The van der Waals surface area contributed by atoms with Crippen molar-refractivity contribution in [3.63, 3.8) is 0 Å². The van der Waals surface area contributed by atoms with E-state index in [9.17, 15) is 4.79 Å². The number of esters is 1. The average Bonchev–Trinajstić information content (AvgIpc) is 2.82. The number of carbonyl (C=O) groups excluding carboxylic acids is 1. The topological polar surface area (TPSA) is 63.2 Å². The Kier molecular flexibility index (Phi) is 5.32. The summed E-state index contributed by atoms with van der Waals surface area (Å²) in [7, 11) is 1.76. The highest BCUT2D eigenvalue weighted by atomic mass is 16.6. The molecule has 22 heavy (non-hydrogen) atoms. The maximum absolute atomic E-state index is 11.8. The zero-order chi connectivity index (χ0) is 16.2. The van der Waals surface area contributed by atoms with Crippen LogP contribution in [0.15, 0.2) is 4.99 Å². The summed E-state index contributed by atoms with van der Waals surface area (Å²) in [4.78, 5) is 18.4. The standard InChI is InChI=1S/C16H29N3O3/c1-15(2,3)22-13(20)11-18-14(17-4)19-8-5-16(12-19)6-9-21-10-7-16/h5-12H2,1-4H3,(H,17,18). The summed E-state index contributed by atoms with van der Waals surface area (Å²) in [6.45, 7) is 9.45. The number of nitrogens with one attached hydrogen (secondary N) is 1. The first-order valence-corrected chi connectivity index (χ1v) is 8.09. The first kappa shape index (κ1) is 17.1. The van der Waals surface area contributed by atoms with Gasteiger partial charge in [0.25, 0.3) is 0 Å². The van der Waals surface area contributed by atoms with E-state index in [-0.39, 0.29) is 12.5 Å². The average molecular weight is 311 g/mol. The molecule has 0 bridgehead atoms. The van der Waals surface area contributed by atoms with Crippen molar-refractivity contribution in [2.75, 3.05) is 39.9 Å². The second kappa shape index (κ2) is 6.86. The number of nitrogens with zero attached hydrogens (tertiary/aromatic N) is 2. The van der Waals surface area contributed by atoms with Gasteiger partial charge >= 0.3 is 5.97 Å². The van der Waals surface area contributed by atoms with Crippen LogP contribution in [0.3, 0.4) is 0 Å². The molecule has 2 aliphatic rings. The van der Waals surface area contributed by atoms with Gasteiger partial charge < -0.3 is 19.7 Å². The van der Waals surface area contributed by atoms with Gasteiger partial charge in [0.05, 0.1) is 0 Å². The van der Waals surface area contributed by atoms with Crippen LogP contribution < -0.4 is 5.32 Å². The summed E-state index contributed by atoms with van der Waals surface area (Å²) in [5.41, 5.74) is -0.0934. The van der Waals surface area contributed by atoms with Gasteiger partial charge in [-0.25, -0.2) is 0 Å². The minimum Gasteiger partial charge on any atom is -0.459 e. The highest BCUT2D eigenvalue weighted by molar-refractivity contribution is 5.84. The van der Waals surface area contributed by atoms with E-state index in [1.807, 2.05) is 20.8 Å². The third-order valence-corrected chi connectivity index (χ3v) is 4.31. The molecule has 2 aliphatic heterocycles. The smallest absolute Gasteiger partial charge is 0.325 e. The molecular weight excluding hydrogens is 282 g/mol. The third kappa shape index (κ3) is 4.60. The van der Waals surface area contributed by atoms with Crippen molar-refractivity contribution in [1.29, 1.82) is 0 Å². The number of hydrogen-bond donors (Lipinski definition) is 1. The van der Waals surface area contributed by atoms with Crippen LogP contribution >= 0.6 is 0 Å². The highest BCUT2D eigenvalue weighted by Crippen LogP contribution is 2.39. The molecule has 0 aromatic carbocycles. The van der Waals surface area contributed by atoms with Crippen molar-refractivity contribution in [1.82, 2.24) is 10.2 Å². The van der Waals surface area contributed by atoms with Crippen molar-refractivity contribution in [3.05, 3.63) is 0 Å². The predicted octanol–water partition coefficient (Wildman–Crippen LogP) is 1.41. The summed E-state index contributed by atoms with van der Waals surface area (Å²) < 4.78 is 10.8. The Morgan fingerprint density at radius 1 is 1.32 bits per heavy atom. The van der Waals surface area contributed by atoms with E-state index in [1.54, 1.807) is 7.05 Å². The van der Waals surface area contributed by atoms with Gasteiger partial charge in [-0.15, -0.1) is 0 Å².